The van der Waals surface area contributed by atoms with Crippen molar-refractivity contribution in [3.63, 3.8) is 0 Å². The lowest BCUT2D eigenvalue weighted by Gasteiger charge is -2.15. The molecule has 0 saturated heterocycles. The molecule has 0 fully saturated rings. The smallest absolute Gasteiger partial charge is 0.308 e. The van der Waals surface area contributed by atoms with Crippen LogP contribution in [-0.4, -0.2) is 23.5 Å². The highest BCUT2D eigenvalue weighted by atomic mass is 79.9. The highest BCUT2D eigenvalue weighted by Crippen LogP contribution is 2.19. The maximum absolute atomic E-state index is 13.6. The van der Waals surface area contributed by atoms with Gasteiger partial charge in [0.1, 0.15) is 17.2 Å². The molecule has 0 bridgehead atoms. The summed E-state index contributed by atoms with van der Waals surface area (Å²) in [6.45, 7) is 3.53. The fourth-order valence-electron chi connectivity index (χ4n) is 1.90. The normalized spacial score (nSPS) is 12.3. The molecular weight excluding hydrogens is 348 g/mol. The minimum atomic E-state index is -1.05. The molecule has 21 heavy (non-hydrogen) atoms. The number of amides is 1. The number of benzene rings is 1. The van der Waals surface area contributed by atoms with Crippen molar-refractivity contribution in [3.8, 4) is 0 Å². The highest BCUT2D eigenvalue weighted by molar-refractivity contribution is 9.10. The molecule has 1 unspecified atom stereocenters. The van der Waals surface area contributed by atoms with Crippen LogP contribution in [0.15, 0.2) is 16.6 Å². The predicted octanol–water partition coefficient (Wildman–Crippen LogP) is 3.20. The van der Waals surface area contributed by atoms with Crippen LogP contribution < -0.4 is 5.32 Å². The van der Waals surface area contributed by atoms with Crippen molar-refractivity contribution in [2.45, 2.75) is 20.3 Å². The van der Waals surface area contributed by atoms with E-state index in [1.165, 1.54) is 0 Å². The SMILES string of the molecule is CC(C)CC(CNC(=O)c1c(F)cc(Br)cc1F)C(=O)O. The van der Waals surface area contributed by atoms with Gasteiger partial charge in [0, 0.05) is 11.0 Å². The van der Waals surface area contributed by atoms with E-state index < -0.39 is 35.0 Å². The third kappa shape index (κ3) is 5.08. The molecule has 1 amide bonds. The summed E-state index contributed by atoms with van der Waals surface area (Å²) in [6, 6.07) is 1.95. The van der Waals surface area contributed by atoms with Gasteiger partial charge in [0.25, 0.3) is 5.91 Å². The van der Waals surface area contributed by atoms with Gasteiger partial charge in [-0.25, -0.2) is 8.78 Å². The zero-order valence-electron chi connectivity index (χ0n) is 11.6. The van der Waals surface area contributed by atoms with Gasteiger partial charge in [-0.2, -0.15) is 0 Å². The quantitative estimate of drug-likeness (QED) is 0.815. The number of halogens is 3. The number of aliphatic carboxylic acids is 1. The number of carbonyl (C=O) groups is 2. The minimum absolute atomic E-state index is 0.129. The lowest BCUT2D eigenvalue weighted by Crippen LogP contribution is -2.34. The Morgan fingerprint density at radius 2 is 1.81 bits per heavy atom. The Morgan fingerprint density at radius 3 is 2.24 bits per heavy atom. The van der Waals surface area contributed by atoms with Crippen LogP contribution in [0.25, 0.3) is 0 Å². The van der Waals surface area contributed by atoms with Crippen LogP contribution in [-0.2, 0) is 4.79 Å². The monoisotopic (exact) mass is 363 g/mol. The van der Waals surface area contributed by atoms with Crippen molar-refractivity contribution in [3.05, 3.63) is 33.8 Å². The van der Waals surface area contributed by atoms with Gasteiger partial charge in [-0.15, -0.1) is 0 Å². The largest absolute Gasteiger partial charge is 0.481 e. The van der Waals surface area contributed by atoms with Crippen LogP contribution in [0, 0.1) is 23.5 Å². The molecule has 1 aromatic rings. The maximum Gasteiger partial charge on any atom is 0.308 e. The Morgan fingerprint density at radius 1 is 1.29 bits per heavy atom. The average molecular weight is 364 g/mol. The van der Waals surface area contributed by atoms with Crippen molar-refractivity contribution in [2.24, 2.45) is 11.8 Å². The van der Waals surface area contributed by atoms with Crippen LogP contribution >= 0.6 is 15.9 Å². The molecule has 0 aromatic heterocycles. The Hall–Kier alpha value is -1.50. The molecule has 0 aliphatic rings. The molecule has 1 rings (SSSR count). The second-order valence-corrected chi connectivity index (χ2v) is 6.03. The number of hydrogen-bond acceptors (Lipinski definition) is 2. The molecule has 116 valence electrons. The fraction of sp³-hybridized carbons (Fsp3) is 0.429. The minimum Gasteiger partial charge on any atom is -0.481 e. The van der Waals surface area contributed by atoms with Gasteiger partial charge >= 0.3 is 5.97 Å². The molecule has 2 N–H and O–H groups in total. The second kappa shape index (κ2) is 7.49. The highest BCUT2D eigenvalue weighted by Gasteiger charge is 2.23. The lowest BCUT2D eigenvalue weighted by atomic mass is 9.97. The molecule has 4 nitrogen and oxygen atoms in total. The zero-order chi connectivity index (χ0) is 16.2. The molecule has 7 heteroatoms. The van der Waals surface area contributed by atoms with Crippen molar-refractivity contribution in [1.82, 2.24) is 5.32 Å². The summed E-state index contributed by atoms with van der Waals surface area (Å²) < 4.78 is 27.4. The molecule has 0 heterocycles. The van der Waals surface area contributed by atoms with Crippen LogP contribution in [0.2, 0.25) is 0 Å². The first-order chi connectivity index (χ1) is 9.72. The Bertz CT molecular complexity index is 526. The molecule has 0 aliphatic heterocycles. The first-order valence-corrected chi connectivity index (χ1v) is 7.17. The maximum atomic E-state index is 13.6. The number of hydrogen-bond donors (Lipinski definition) is 2. The van der Waals surface area contributed by atoms with Crippen LogP contribution in [0.5, 0.6) is 0 Å². The first-order valence-electron chi connectivity index (χ1n) is 6.38. The zero-order valence-corrected chi connectivity index (χ0v) is 13.2. The van der Waals surface area contributed by atoms with E-state index in [9.17, 15) is 18.4 Å². The molecule has 1 aromatic carbocycles. The van der Waals surface area contributed by atoms with Gasteiger partial charge in [-0.05, 0) is 24.5 Å². The molecular formula is C14H16BrF2NO3. The standard InChI is InChI=1S/C14H16BrF2NO3/c1-7(2)3-8(14(20)21)6-18-13(19)12-10(16)4-9(15)5-11(12)17/h4-5,7-8H,3,6H2,1-2H3,(H,18,19)(H,20,21). The summed E-state index contributed by atoms with van der Waals surface area (Å²) in [6.07, 6.45) is 0.362. The molecule has 1 atom stereocenters. The average Bonchev–Trinajstić information content (AvgIpc) is 2.32. The van der Waals surface area contributed by atoms with Crippen molar-refractivity contribution in [1.29, 1.82) is 0 Å². The van der Waals surface area contributed by atoms with E-state index in [0.717, 1.165) is 12.1 Å². The summed E-state index contributed by atoms with van der Waals surface area (Å²) in [5, 5.41) is 11.3. The van der Waals surface area contributed by atoms with Crippen LogP contribution in [0.4, 0.5) is 8.78 Å². The van der Waals surface area contributed by atoms with Gasteiger partial charge in [0.15, 0.2) is 0 Å². The van der Waals surface area contributed by atoms with E-state index in [4.69, 9.17) is 5.11 Å². The molecule has 0 spiro atoms. The Kier molecular flexibility index (Phi) is 6.26. The van der Waals surface area contributed by atoms with E-state index in [1.807, 2.05) is 13.8 Å². The van der Waals surface area contributed by atoms with Gasteiger partial charge in [0.2, 0.25) is 0 Å². The van der Waals surface area contributed by atoms with Crippen molar-refractivity contribution < 1.29 is 23.5 Å². The van der Waals surface area contributed by atoms with Crippen molar-refractivity contribution >= 4 is 27.8 Å². The van der Waals surface area contributed by atoms with Gasteiger partial charge < -0.3 is 10.4 Å². The fourth-order valence-corrected chi connectivity index (χ4v) is 2.31. The van der Waals surface area contributed by atoms with E-state index in [2.05, 4.69) is 21.2 Å². The van der Waals surface area contributed by atoms with Gasteiger partial charge in [-0.3, -0.25) is 9.59 Å². The predicted molar refractivity (Wildman–Crippen MR) is 77.0 cm³/mol. The summed E-state index contributed by atoms with van der Waals surface area (Å²) in [5.74, 6) is -4.70. The number of carboxylic acids is 1. The third-order valence-corrected chi connectivity index (χ3v) is 3.31. The lowest BCUT2D eigenvalue weighted by molar-refractivity contribution is -0.142. The van der Waals surface area contributed by atoms with Gasteiger partial charge in [-0.1, -0.05) is 29.8 Å². The van der Waals surface area contributed by atoms with E-state index in [1.54, 1.807) is 0 Å². The van der Waals surface area contributed by atoms with Gasteiger partial charge in [0.05, 0.1) is 5.92 Å². The Balaban J connectivity index is 2.80. The summed E-state index contributed by atoms with van der Waals surface area (Å²) >= 11 is 2.92. The third-order valence-electron chi connectivity index (χ3n) is 2.85. The number of carboxylic acid groups (broad SMARTS) is 1. The van der Waals surface area contributed by atoms with Crippen molar-refractivity contribution in [2.75, 3.05) is 6.54 Å². The number of nitrogens with one attached hydrogen (secondary N) is 1. The second-order valence-electron chi connectivity index (χ2n) is 5.12. The molecule has 0 aliphatic carbocycles. The molecule has 0 radical (unpaired) electrons. The van der Waals surface area contributed by atoms with E-state index in [-0.39, 0.29) is 16.9 Å². The van der Waals surface area contributed by atoms with Crippen LogP contribution in [0.1, 0.15) is 30.6 Å². The van der Waals surface area contributed by atoms with E-state index >= 15 is 0 Å². The summed E-state index contributed by atoms with van der Waals surface area (Å²) in [7, 11) is 0. The summed E-state index contributed by atoms with van der Waals surface area (Å²) in [4.78, 5) is 22.9. The number of carbonyl (C=O) groups excluding carboxylic acids is 1. The first kappa shape index (κ1) is 17.6. The van der Waals surface area contributed by atoms with Crippen LogP contribution in [0.3, 0.4) is 0 Å². The van der Waals surface area contributed by atoms with E-state index in [0.29, 0.717) is 6.42 Å². The summed E-state index contributed by atoms with van der Waals surface area (Å²) in [5.41, 5.74) is -0.716. The topological polar surface area (TPSA) is 66.4 Å². The number of rotatable bonds is 6. The molecule has 0 saturated carbocycles. The Labute approximate surface area is 129 Å².